The van der Waals surface area contributed by atoms with Gasteiger partial charge in [0.25, 0.3) is 11.8 Å². The van der Waals surface area contributed by atoms with Crippen molar-refractivity contribution < 1.29 is 22.8 Å². The number of carbonyl (C=O) groups is 2. The average molecular weight is 515 g/mol. The molecule has 0 unspecified atom stereocenters. The number of imidazole rings is 1. The fourth-order valence-corrected chi connectivity index (χ4v) is 5.72. The van der Waals surface area contributed by atoms with Crippen molar-refractivity contribution >= 4 is 35.3 Å². The number of halogens is 3. The molecule has 3 aromatic rings. The number of aromatic nitrogens is 2. The molecule has 1 N–H and O–H groups in total. The van der Waals surface area contributed by atoms with Crippen molar-refractivity contribution in [3.05, 3.63) is 70.4 Å². The number of thioether (sulfide) groups is 1. The molecule has 0 spiro atoms. The summed E-state index contributed by atoms with van der Waals surface area (Å²) in [6, 6.07) is 10.4. The van der Waals surface area contributed by atoms with Crippen LogP contribution in [0.1, 0.15) is 47.3 Å². The fraction of sp³-hybridized carbons (Fsp3) is 0.346. The Morgan fingerprint density at radius 2 is 1.89 bits per heavy atom. The zero-order valence-electron chi connectivity index (χ0n) is 19.4. The summed E-state index contributed by atoms with van der Waals surface area (Å²) in [5, 5.41) is 3.96. The first-order chi connectivity index (χ1) is 17.3. The second-order valence-electron chi connectivity index (χ2n) is 9.06. The van der Waals surface area contributed by atoms with Crippen molar-refractivity contribution in [1.29, 1.82) is 0 Å². The second-order valence-corrected chi connectivity index (χ2v) is 10.1. The van der Waals surface area contributed by atoms with Gasteiger partial charge in [-0.25, -0.2) is 4.98 Å². The van der Waals surface area contributed by atoms with Gasteiger partial charge in [-0.3, -0.25) is 14.0 Å². The fourth-order valence-electron chi connectivity index (χ4n) is 4.71. The van der Waals surface area contributed by atoms with Crippen LogP contribution in [0.15, 0.2) is 58.6 Å². The topological polar surface area (TPSA) is 66.7 Å². The average Bonchev–Trinajstić information content (AvgIpc) is 3.30. The number of piperidine rings is 1. The first kappa shape index (κ1) is 24.4. The maximum absolute atomic E-state index is 13.0. The molecule has 4 heterocycles. The van der Waals surface area contributed by atoms with E-state index >= 15 is 0 Å². The van der Waals surface area contributed by atoms with E-state index in [4.69, 9.17) is 0 Å². The summed E-state index contributed by atoms with van der Waals surface area (Å²) >= 11 is 1.42. The number of likely N-dealkylation sites (tertiary alicyclic amines) is 1. The van der Waals surface area contributed by atoms with Crippen molar-refractivity contribution in [2.24, 2.45) is 5.92 Å². The SMILES string of the molecule is O=C(NCCCC1CCN(C(=O)c2cccc(C(F)(F)F)c2)CC1)C1=Cc2cnc3cccc(n23)S1. The molecule has 6 nitrogen and oxygen atoms in total. The monoisotopic (exact) mass is 514 g/mol. The lowest BCUT2D eigenvalue weighted by Crippen LogP contribution is -2.38. The summed E-state index contributed by atoms with van der Waals surface area (Å²) in [6.07, 6.45) is 2.48. The Hall–Kier alpha value is -3.27. The molecule has 188 valence electrons. The van der Waals surface area contributed by atoms with Crippen molar-refractivity contribution in [3.8, 4) is 0 Å². The summed E-state index contributed by atoms with van der Waals surface area (Å²) < 4.78 is 40.9. The summed E-state index contributed by atoms with van der Waals surface area (Å²) in [4.78, 5) is 32.0. The molecule has 2 aromatic heterocycles. The quantitative estimate of drug-likeness (QED) is 0.457. The normalized spacial score (nSPS) is 16.2. The van der Waals surface area contributed by atoms with Crippen LogP contribution in [0.5, 0.6) is 0 Å². The van der Waals surface area contributed by atoms with Gasteiger partial charge in [0, 0.05) is 25.2 Å². The van der Waals surface area contributed by atoms with E-state index in [1.165, 1.54) is 23.9 Å². The number of carbonyl (C=O) groups excluding carboxylic acids is 2. The Balaban J connectivity index is 1.06. The lowest BCUT2D eigenvalue weighted by Gasteiger charge is -2.32. The molecule has 2 aliphatic heterocycles. The molecule has 10 heteroatoms. The van der Waals surface area contributed by atoms with Crippen LogP contribution in [0.4, 0.5) is 13.2 Å². The van der Waals surface area contributed by atoms with Crippen LogP contribution in [0.3, 0.4) is 0 Å². The van der Waals surface area contributed by atoms with Gasteiger partial charge < -0.3 is 10.2 Å². The Morgan fingerprint density at radius 1 is 1.11 bits per heavy atom. The van der Waals surface area contributed by atoms with Crippen LogP contribution in [-0.2, 0) is 11.0 Å². The second kappa shape index (κ2) is 10.0. The van der Waals surface area contributed by atoms with Gasteiger partial charge in [0.1, 0.15) is 5.65 Å². The Kier molecular flexibility index (Phi) is 6.79. The molecule has 1 saturated heterocycles. The Morgan fingerprint density at radius 3 is 2.67 bits per heavy atom. The molecule has 5 rings (SSSR count). The van der Waals surface area contributed by atoms with Crippen molar-refractivity contribution in [2.75, 3.05) is 19.6 Å². The van der Waals surface area contributed by atoms with Gasteiger partial charge in [-0.15, -0.1) is 0 Å². The first-order valence-electron chi connectivity index (χ1n) is 11.9. The Bertz CT molecular complexity index is 1330. The smallest absolute Gasteiger partial charge is 0.352 e. The number of pyridine rings is 1. The minimum Gasteiger partial charge on any atom is -0.352 e. The lowest BCUT2D eigenvalue weighted by atomic mass is 9.92. The molecule has 36 heavy (non-hydrogen) atoms. The summed E-state index contributed by atoms with van der Waals surface area (Å²) in [5.74, 6) is -0.0456. The molecule has 1 aromatic carbocycles. The van der Waals surface area contributed by atoms with Gasteiger partial charge in [-0.1, -0.05) is 23.9 Å². The molecular formula is C26H25F3N4O2S. The molecule has 0 saturated carbocycles. The largest absolute Gasteiger partial charge is 0.416 e. The molecule has 0 aliphatic carbocycles. The third-order valence-corrected chi connectivity index (χ3v) is 7.70. The summed E-state index contributed by atoms with van der Waals surface area (Å²) in [6.45, 7) is 1.60. The molecule has 2 aliphatic rings. The van der Waals surface area contributed by atoms with Gasteiger partial charge in [0.05, 0.1) is 27.4 Å². The van der Waals surface area contributed by atoms with Crippen molar-refractivity contribution in [3.63, 3.8) is 0 Å². The van der Waals surface area contributed by atoms with Gasteiger partial charge in [-0.2, -0.15) is 13.2 Å². The minimum atomic E-state index is -4.47. The lowest BCUT2D eigenvalue weighted by molar-refractivity contribution is -0.137. The summed E-state index contributed by atoms with van der Waals surface area (Å²) in [5.41, 5.74) is 1.000. The van der Waals surface area contributed by atoms with Gasteiger partial charge in [0.15, 0.2) is 0 Å². The zero-order chi connectivity index (χ0) is 25.3. The number of hydrogen-bond acceptors (Lipinski definition) is 4. The highest BCUT2D eigenvalue weighted by Crippen LogP contribution is 2.34. The van der Waals surface area contributed by atoms with Gasteiger partial charge in [0.2, 0.25) is 0 Å². The minimum absolute atomic E-state index is 0.0696. The predicted molar refractivity (Wildman–Crippen MR) is 131 cm³/mol. The van der Waals surface area contributed by atoms with Gasteiger partial charge in [-0.05, 0) is 68.0 Å². The number of rotatable bonds is 6. The number of nitrogens with one attached hydrogen (secondary N) is 1. The molecule has 0 radical (unpaired) electrons. The maximum Gasteiger partial charge on any atom is 0.416 e. The van der Waals surface area contributed by atoms with E-state index in [0.717, 1.165) is 54.2 Å². The molecule has 1 fully saturated rings. The highest BCUT2D eigenvalue weighted by molar-refractivity contribution is 8.04. The predicted octanol–water partition coefficient (Wildman–Crippen LogP) is 5.25. The van der Waals surface area contributed by atoms with Crippen LogP contribution >= 0.6 is 11.8 Å². The molecular weight excluding hydrogens is 489 g/mol. The highest BCUT2D eigenvalue weighted by atomic mass is 32.2. The first-order valence-corrected chi connectivity index (χ1v) is 12.7. The van der Waals surface area contributed by atoms with E-state index in [0.29, 0.717) is 30.5 Å². The van der Waals surface area contributed by atoms with E-state index in [1.54, 1.807) is 11.1 Å². The van der Waals surface area contributed by atoms with Crippen molar-refractivity contribution in [2.45, 2.75) is 36.9 Å². The van der Waals surface area contributed by atoms with Crippen LogP contribution in [-0.4, -0.2) is 45.7 Å². The number of nitrogens with zero attached hydrogens (tertiary/aromatic N) is 3. The third kappa shape index (κ3) is 5.13. The number of benzene rings is 1. The van der Waals surface area contributed by atoms with E-state index in [1.807, 2.05) is 28.7 Å². The van der Waals surface area contributed by atoms with E-state index in [9.17, 15) is 22.8 Å². The van der Waals surface area contributed by atoms with Crippen LogP contribution in [0.2, 0.25) is 0 Å². The Labute approximate surface area is 210 Å². The standard InChI is InChI=1S/C26H25F3N4O2S/c27-26(28,29)19-6-1-5-18(14-19)25(35)32-12-9-17(10-13-32)4-3-11-30-24(34)21-15-20-16-31-22-7-2-8-23(36-21)33(20)22/h1-2,5-8,14-17H,3-4,9-13H2,(H,30,34). The third-order valence-electron chi connectivity index (χ3n) is 6.65. The van der Waals surface area contributed by atoms with E-state index in [-0.39, 0.29) is 17.4 Å². The van der Waals surface area contributed by atoms with Crippen LogP contribution in [0.25, 0.3) is 11.7 Å². The van der Waals surface area contributed by atoms with Crippen LogP contribution < -0.4 is 5.32 Å². The number of hydrogen-bond donors (Lipinski definition) is 1. The van der Waals surface area contributed by atoms with Crippen LogP contribution in [0, 0.1) is 5.92 Å². The molecule has 0 atom stereocenters. The number of alkyl halides is 3. The summed E-state index contributed by atoms with van der Waals surface area (Å²) in [7, 11) is 0. The zero-order valence-corrected chi connectivity index (χ0v) is 20.2. The maximum atomic E-state index is 13.0. The highest BCUT2D eigenvalue weighted by Gasteiger charge is 2.32. The van der Waals surface area contributed by atoms with Crippen molar-refractivity contribution in [1.82, 2.24) is 19.6 Å². The van der Waals surface area contributed by atoms with E-state index < -0.39 is 11.7 Å². The molecule has 0 bridgehead atoms. The molecule has 2 amide bonds. The number of amides is 2. The van der Waals surface area contributed by atoms with Gasteiger partial charge >= 0.3 is 6.18 Å². The van der Waals surface area contributed by atoms with E-state index in [2.05, 4.69) is 10.3 Å².